The third-order valence-corrected chi connectivity index (χ3v) is 3.55. The molecule has 0 spiro atoms. The Bertz CT molecular complexity index is 751. The van der Waals surface area contributed by atoms with Crippen LogP contribution in [0.4, 0.5) is 0 Å². The monoisotopic (exact) mass is 340 g/mol. The Balaban J connectivity index is 1.78. The van der Waals surface area contributed by atoms with Crippen LogP contribution in [0.2, 0.25) is 0 Å². The van der Waals surface area contributed by atoms with Crippen LogP contribution < -0.4 is 19.5 Å². The van der Waals surface area contributed by atoms with Crippen LogP contribution in [0.1, 0.15) is 11.1 Å². The van der Waals surface area contributed by atoms with Crippen molar-refractivity contribution in [2.24, 2.45) is 0 Å². The highest BCUT2D eigenvalue weighted by atomic mass is 16.5. The van der Waals surface area contributed by atoms with Gasteiger partial charge in [0.15, 0.2) is 18.1 Å². The Morgan fingerprint density at radius 3 is 2.48 bits per heavy atom. The van der Waals surface area contributed by atoms with E-state index in [1.165, 1.54) is 7.11 Å². The number of nitrogens with zero attached hydrogens (tertiary/aromatic N) is 1. The fourth-order valence-corrected chi connectivity index (χ4v) is 2.19. The highest BCUT2D eigenvalue weighted by molar-refractivity contribution is 5.77. The highest BCUT2D eigenvalue weighted by Gasteiger charge is 2.08. The van der Waals surface area contributed by atoms with Gasteiger partial charge in [-0.05, 0) is 36.2 Å². The quantitative estimate of drug-likeness (QED) is 0.797. The number of hydrogen-bond donors (Lipinski definition) is 1. The second-order valence-corrected chi connectivity index (χ2v) is 5.21. The molecule has 6 nitrogen and oxygen atoms in total. The van der Waals surface area contributed by atoms with Crippen molar-refractivity contribution in [2.75, 3.05) is 27.4 Å². The molecule has 0 radical (unpaired) electrons. The second kappa shape index (κ2) is 9.18. The van der Waals surface area contributed by atoms with Gasteiger partial charge >= 0.3 is 0 Å². The zero-order chi connectivity index (χ0) is 18.1. The number of carbonyl (C=O) groups excluding carboxylic acids is 1. The molecule has 0 atom stereocenters. The molecule has 2 aromatic rings. The highest BCUT2D eigenvalue weighted by Crippen LogP contribution is 2.27. The van der Waals surface area contributed by atoms with E-state index in [9.17, 15) is 4.79 Å². The van der Waals surface area contributed by atoms with Crippen LogP contribution in [0.15, 0.2) is 42.5 Å². The number of nitrogens with one attached hydrogen (secondary N) is 1. The first-order chi connectivity index (χ1) is 12.2. The van der Waals surface area contributed by atoms with E-state index in [0.29, 0.717) is 23.6 Å². The minimum absolute atomic E-state index is 0.120. The average Bonchev–Trinajstić information content (AvgIpc) is 2.66. The molecule has 1 N–H and O–H groups in total. The lowest BCUT2D eigenvalue weighted by atomic mass is 10.1. The maximum absolute atomic E-state index is 11.9. The molecule has 0 saturated carbocycles. The van der Waals surface area contributed by atoms with E-state index in [1.807, 2.05) is 30.3 Å². The van der Waals surface area contributed by atoms with Crippen LogP contribution in [-0.2, 0) is 11.2 Å². The molecule has 1 amide bonds. The maximum Gasteiger partial charge on any atom is 0.257 e. The molecule has 0 aliphatic carbocycles. The molecule has 0 saturated heterocycles. The van der Waals surface area contributed by atoms with E-state index in [0.717, 1.165) is 17.7 Å². The fraction of sp³-hybridized carbons (Fsp3) is 0.263. The Labute approximate surface area is 146 Å². The molecule has 6 heteroatoms. The molecule has 0 aliphatic rings. The van der Waals surface area contributed by atoms with Crippen LogP contribution in [0.25, 0.3) is 0 Å². The van der Waals surface area contributed by atoms with Gasteiger partial charge in [-0.2, -0.15) is 5.26 Å². The normalized spacial score (nSPS) is 9.80. The molecule has 25 heavy (non-hydrogen) atoms. The summed E-state index contributed by atoms with van der Waals surface area (Å²) in [7, 11) is 3.11. The molecular weight excluding hydrogens is 320 g/mol. The molecule has 0 heterocycles. The molecule has 2 rings (SSSR count). The Morgan fingerprint density at radius 1 is 1.08 bits per heavy atom. The van der Waals surface area contributed by atoms with Gasteiger partial charge in [0, 0.05) is 12.6 Å². The van der Waals surface area contributed by atoms with Gasteiger partial charge in [-0.25, -0.2) is 0 Å². The van der Waals surface area contributed by atoms with Gasteiger partial charge in [-0.3, -0.25) is 4.79 Å². The lowest BCUT2D eigenvalue weighted by molar-refractivity contribution is -0.123. The molecule has 2 aromatic carbocycles. The van der Waals surface area contributed by atoms with Crippen molar-refractivity contribution in [2.45, 2.75) is 6.42 Å². The van der Waals surface area contributed by atoms with Crippen molar-refractivity contribution in [3.05, 3.63) is 53.6 Å². The van der Waals surface area contributed by atoms with Gasteiger partial charge in [-0.15, -0.1) is 0 Å². The standard InChI is InChI=1S/C19H20N2O4/c1-23-16-6-3-14(4-7-16)9-10-21-19(22)13-25-17-8-5-15(12-20)11-18(17)24-2/h3-8,11H,9-10,13H2,1-2H3,(H,21,22). The first-order valence-electron chi connectivity index (χ1n) is 7.77. The third kappa shape index (κ3) is 5.43. The lowest BCUT2D eigenvalue weighted by Gasteiger charge is -2.11. The summed E-state index contributed by atoms with van der Waals surface area (Å²) in [5.74, 6) is 1.43. The topological polar surface area (TPSA) is 80.6 Å². The van der Waals surface area contributed by atoms with Gasteiger partial charge in [0.1, 0.15) is 5.75 Å². The van der Waals surface area contributed by atoms with Gasteiger partial charge in [0.05, 0.1) is 25.9 Å². The van der Waals surface area contributed by atoms with Crippen LogP contribution in [0.5, 0.6) is 17.2 Å². The van der Waals surface area contributed by atoms with E-state index in [-0.39, 0.29) is 12.5 Å². The predicted octanol–water partition coefficient (Wildman–Crippen LogP) is 2.31. The molecule has 0 aromatic heterocycles. The number of methoxy groups -OCH3 is 2. The summed E-state index contributed by atoms with van der Waals surface area (Å²) in [5, 5.41) is 11.7. The van der Waals surface area contributed by atoms with Crippen molar-refractivity contribution in [1.29, 1.82) is 5.26 Å². The second-order valence-electron chi connectivity index (χ2n) is 5.21. The van der Waals surface area contributed by atoms with E-state index >= 15 is 0 Å². The van der Waals surface area contributed by atoms with Gasteiger partial charge in [0.25, 0.3) is 5.91 Å². The molecule has 0 fully saturated rings. The first kappa shape index (κ1) is 18.1. The number of benzene rings is 2. The predicted molar refractivity (Wildman–Crippen MR) is 92.9 cm³/mol. The van der Waals surface area contributed by atoms with Crippen molar-refractivity contribution >= 4 is 5.91 Å². The lowest BCUT2D eigenvalue weighted by Crippen LogP contribution is -2.30. The minimum Gasteiger partial charge on any atom is -0.497 e. The Morgan fingerprint density at radius 2 is 1.84 bits per heavy atom. The van der Waals surface area contributed by atoms with Gasteiger partial charge in [0.2, 0.25) is 0 Å². The van der Waals surface area contributed by atoms with E-state index in [4.69, 9.17) is 19.5 Å². The van der Waals surface area contributed by atoms with Crippen LogP contribution in [-0.4, -0.2) is 33.3 Å². The van der Waals surface area contributed by atoms with Gasteiger partial charge in [-0.1, -0.05) is 12.1 Å². The van der Waals surface area contributed by atoms with Crippen LogP contribution in [0, 0.1) is 11.3 Å². The Hall–Kier alpha value is -3.20. The number of hydrogen-bond acceptors (Lipinski definition) is 5. The molecule has 130 valence electrons. The fourth-order valence-electron chi connectivity index (χ4n) is 2.19. The summed E-state index contributed by atoms with van der Waals surface area (Å²) in [4.78, 5) is 11.9. The number of carbonyl (C=O) groups is 1. The minimum atomic E-state index is -0.222. The van der Waals surface area contributed by atoms with Crippen molar-refractivity contribution in [3.63, 3.8) is 0 Å². The summed E-state index contributed by atoms with van der Waals surface area (Å²) >= 11 is 0. The van der Waals surface area contributed by atoms with Crippen molar-refractivity contribution in [3.8, 4) is 23.3 Å². The van der Waals surface area contributed by atoms with Crippen LogP contribution in [0.3, 0.4) is 0 Å². The van der Waals surface area contributed by atoms with E-state index in [2.05, 4.69) is 5.32 Å². The Kier molecular flexibility index (Phi) is 6.66. The maximum atomic E-state index is 11.9. The summed E-state index contributed by atoms with van der Waals surface area (Å²) < 4.78 is 15.7. The zero-order valence-corrected chi connectivity index (χ0v) is 14.2. The number of amides is 1. The third-order valence-electron chi connectivity index (χ3n) is 3.55. The van der Waals surface area contributed by atoms with Crippen molar-refractivity contribution in [1.82, 2.24) is 5.32 Å². The van der Waals surface area contributed by atoms with Crippen molar-refractivity contribution < 1.29 is 19.0 Å². The molecular formula is C19H20N2O4. The summed E-state index contributed by atoms with van der Waals surface area (Å²) in [6.45, 7) is 0.393. The summed E-state index contributed by atoms with van der Waals surface area (Å²) in [6.07, 6.45) is 0.718. The number of rotatable bonds is 8. The average molecular weight is 340 g/mol. The van der Waals surface area contributed by atoms with E-state index < -0.39 is 0 Å². The SMILES string of the molecule is COc1ccc(CCNC(=O)COc2ccc(C#N)cc2OC)cc1. The molecule has 0 unspecified atom stereocenters. The number of nitriles is 1. The van der Waals surface area contributed by atoms with Gasteiger partial charge < -0.3 is 19.5 Å². The molecule has 0 bridgehead atoms. The molecule has 0 aliphatic heterocycles. The zero-order valence-electron chi connectivity index (χ0n) is 14.2. The smallest absolute Gasteiger partial charge is 0.257 e. The number of ether oxygens (including phenoxy) is 3. The largest absolute Gasteiger partial charge is 0.497 e. The van der Waals surface area contributed by atoms with E-state index in [1.54, 1.807) is 25.3 Å². The summed E-state index contributed by atoms with van der Waals surface area (Å²) in [5.41, 5.74) is 1.57. The van der Waals surface area contributed by atoms with Crippen LogP contribution >= 0.6 is 0 Å². The summed E-state index contributed by atoms with van der Waals surface area (Å²) in [6, 6.07) is 14.5. The first-order valence-corrected chi connectivity index (χ1v) is 7.77.